The molecular formula is C22H31ClN2O2. The number of halogens is 1. The van der Waals surface area contributed by atoms with E-state index in [1.165, 1.54) is 0 Å². The highest BCUT2D eigenvalue weighted by atomic mass is 35.5. The fourth-order valence-electron chi connectivity index (χ4n) is 3.41. The lowest BCUT2D eigenvalue weighted by molar-refractivity contribution is -0.141. The number of rotatable bonds is 9. The SMILES string of the molecule is CCCCN(CCCC)C(=O)C1CC=CCC1C(=O)Nc1ccc(Cl)cc1. The minimum Gasteiger partial charge on any atom is -0.342 e. The lowest BCUT2D eigenvalue weighted by atomic mass is 9.81. The van der Waals surface area contributed by atoms with Crippen molar-refractivity contribution < 1.29 is 9.59 Å². The molecule has 0 aliphatic heterocycles. The summed E-state index contributed by atoms with van der Waals surface area (Å²) in [6.07, 6.45) is 9.39. The highest BCUT2D eigenvalue weighted by molar-refractivity contribution is 6.30. The molecule has 5 heteroatoms. The van der Waals surface area contributed by atoms with E-state index in [1.807, 2.05) is 17.1 Å². The van der Waals surface area contributed by atoms with Crippen molar-refractivity contribution in [1.82, 2.24) is 4.90 Å². The predicted molar refractivity (Wildman–Crippen MR) is 112 cm³/mol. The van der Waals surface area contributed by atoms with Crippen LogP contribution in [0.25, 0.3) is 0 Å². The summed E-state index contributed by atoms with van der Waals surface area (Å²) in [6.45, 7) is 5.82. The molecule has 1 aliphatic carbocycles. The molecule has 0 bridgehead atoms. The molecule has 2 rings (SSSR count). The Balaban J connectivity index is 2.09. The monoisotopic (exact) mass is 390 g/mol. The Morgan fingerprint density at radius 1 is 1.00 bits per heavy atom. The van der Waals surface area contributed by atoms with Gasteiger partial charge in [-0.05, 0) is 49.9 Å². The number of anilines is 1. The van der Waals surface area contributed by atoms with E-state index in [-0.39, 0.29) is 23.7 Å². The highest BCUT2D eigenvalue weighted by Crippen LogP contribution is 2.29. The van der Waals surface area contributed by atoms with Crippen molar-refractivity contribution >= 4 is 29.1 Å². The third-order valence-electron chi connectivity index (χ3n) is 5.07. The van der Waals surface area contributed by atoms with Crippen LogP contribution < -0.4 is 5.32 Å². The van der Waals surface area contributed by atoms with Crippen LogP contribution in [0, 0.1) is 11.8 Å². The smallest absolute Gasteiger partial charge is 0.228 e. The van der Waals surface area contributed by atoms with Gasteiger partial charge < -0.3 is 10.2 Å². The van der Waals surface area contributed by atoms with Gasteiger partial charge in [-0.15, -0.1) is 0 Å². The number of hydrogen-bond donors (Lipinski definition) is 1. The predicted octanol–water partition coefficient (Wildman–Crippen LogP) is 5.29. The number of benzene rings is 1. The van der Waals surface area contributed by atoms with Crippen LogP contribution in [0.4, 0.5) is 5.69 Å². The molecule has 2 amide bonds. The Hall–Kier alpha value is -1.81. The first-order chi connectivity index (χ1) is 13.1. The molecule has 0 saturated carbocycles. The molecular weight excluding hydrogens is 360 g/mol. The Labute approximate surface area is 168 Å². The van der Waals surface area contributed by atoms with E-state index in [4.69, 9.17) is 11.6 Å². The number of unbranched alkanes of at least 4 members (excludes halogenated alkanes) is 2. The summed E-state index contributed by atoms with van der Waals surface area (Å²) in [5.41, 5.74) is 0.707. The van der Waals surface area contributed by atoms with E-state index in [0.717, 1.165) is 38.8 Å². The van der Waals surface area contributed by atoms with Crippen LogP contribution in [0.5, 0.6) is 0 Å². The Bertz CT molecular complexity index is 634. The molecule has 0 saturated heterocycles. The number of nitrogens with one attached hydrogen (secondary N) is 1. The van der Waals surface area contributed by atoms with Crippen LogP contribution in [0.2, 0.25) is 5.02 Å². The molecule has 0 radical (unpaired) electrons. The average molecular weight is 391 g/mol. The second-order valence-corrected chi connectivity index (χ2v) is 7.62. The van der Waals surface area contributed by atoms with E-state index in [1.54, 1.807) is 24.3 Å². The van der Waals surface area contributed by atoms with Crippen molar-refractivity contribution in [3.8, 4) is 0 Å². The van der Waals surface area contributed by atoms with Crippen LogP contribution in [0.1, 0.15) is 52.4 Å². The Morgan fingerprint density at radius 3 is 2.11 bits per heavy atom. The molecule has 2 unspecified atom stereocenters. The summed E-state index contributed by atoms with van der Waals surface area (Å²) in [5, 5.41) is 3.58. The molecule has 1 aromatic rings. The molecule has 0 spiro atoms. The fraction of sp³-hybridized carbons (Fsp3) is 0.545. The summed E-state index contributed by atoms with van der Waals surface area (Å²) in [7, 11) is 0. The quantitative estimate of drug-likeness (QED) is 0.582. The van der Waals surface area contributed by atoms with Crippen LogP contribution >= 0.6 is 11.6 Å². The second kappa shape index (κ2) is 11.1. The Kier molecular flexibility index (Phi) is 8.86. The lowest BCUT2D eigenvalue weighted by Gasteiger charge is -2.32. The molecule has 1 aromatic carbocycles. The summed E-state index contributed by atoms with van der Waals surface area (Å²) in [4.78, 5) is 28.1. The van der Waals surface area contributed by atoms with Crippen LogP contribution in [-0.2, 0) is 9.59 Å². The first-order valence-corrected chi connectivity index (χ1v) is 10.4. The molecule has 27 heavy (non-hydrogen) atoms. The lowest BCUT2D eigenvalue weighted by Crippen LogP contribution is -2.43. The van der Waals surface area contributed by atoms with Crippen molar-refractivity contribution in [3.05, 3.63) is 41.4 Å². The van der Waals surface area contributed by atoms with Gasteiger partial charge >= 0.3 is 0 Å². The molecule has 0 fully saturated rings. The fourth-order valence-corrected chi connectivity index (χ4v) is 3.54. The average Bonchev–Trinajstić information content (AvgIpc) is 2.69. The third-order valence-corrected chi connectivity index (χ3v) is 5.32. The summed E-state index contributed by atoms with van der Waals surface area (Å²) < 4.78 is 0. The van der Waals surface area contributed by atoms with Crippen LogP contribution in [-0.4, -0.2) is 29.8 Å². The van der Waals surface area contributed by atoms with Gasteiger partial charge in [0.05, 0.1) is 11.8 Å². The normalized spacial score (nSPS) is 18.9. The van der Waals surface area contributed by atoms with Gasteiger partial charge in [-0.3, -0.25) is 9.59 Å². The van der Waals surface area contributed by atoms with E-state index in [2.05, 4.69) is 19.2 Å². The van der Waals surface area contributed by atoms with Gasteiger partial charge in [0.2, 0.25) is 11.8 Å². The van der Waals surface area contributed by atoms with Gasteiger partial charge in [0.25, 0.3) is 0 Å². The molecule has 0 aromatic heterocycles. The number of carbonyl (C=O) groups excluding carboxylic acids is 2. The standard InChI is InChI=1S/C22H31ClN2O2/c1-3-5-15-25(16-6-4-2)22(27)20-10-8-7-9-19(20)21(26)24-18-13-11-17(23)12-14-18/h7-8,11-14,19-20H,3-6,9-10,15-16H2,1-2H3,(H,24,26). The van der Waals surface area contributed by atoms with Crippen molar-refractivity contribution in [2.24, 2.45) is 11.8 Å². The van der Waals surface area contributed by atoms with Crippen LogP contribution in [0.15, 0.2) is 36.4 Å². The van der Waals surface area contributed by atoms with Gasteiger partial charge in [0, 0.05) is 23.8 Å². The van der Waals surface area contributed by atoms with Crippen molar-refractivity contribution in [3.63, 3.8) is 0 Å². The zero-order valence-corrected chi connectivity index (χ0v) is 17.2. The molecule has 1 N–H and O–H groups in total. The zero-order valence-electron chi connectivity index (χ0n) is 16.4. The number of amides is 2. The minimum atomic E-state index is -0.330. The van der Waals surface area contributed by atoms with Crippen molar-refractivity contribution in [2.75, 3.05) is 18.4 Å². The minimum absolute atomic E-state index is 0.0917. The second-order valence-electron chi connectivity index (χ2n) is 7.18. The maximum absolute atomic E-state index is 13.2. The van der Waals surface area contributed by atoms with Gasteiger partial charge in [-0.1, -0.05) is 50.4 Å². The number of carbonyl (C=O) groups is 2. The van der Waals surface area contributed by atoms with Gasteiger partial charge in [0.1, 0.15) is 0 Å². The largest absolute Gasteiger partial charge is 0.342 e. The summed E-state index contributed by atoms with van der Waals surface area (Å²) >= 11 is 5.91. The topological polar surface area (TPSA) is 49.4 Å². The molecule has 2 atom stereocenters. The van der Waals surface area contributed by atoms with Gasteiger partial charge in [-0.25, -0.2) is 0 Å². The number of hydrogen-bond acceptors (Lipinski definition) is 2. The highest BCUT2D eigenvalue weighted by Gasteiger charge is 2.36. The molecule has 4 nitrogen and oxygen atoms in total. The summed E-state index contributed by atoms with van der Waals surface area (Å²) in [5.74, 6) is -0.580. The molecule has 0 heterocycles. The van der Waals surface area contributed by atoms with E-state index in [0.29, 0.717) is 23.6 Å². The number of nitrogens with zero attached hydrogens (tertiary/aromatic N) is 1. The third kappa shape index (κ3) is 6.39. The van der Waals surface area contributed by atoms with E-state index >= 15 is 0 Å². The van der Waals surface area contributed by atoms with Gasteiger partial charge in [-0.2, -0.15) is 0 Å². The maximum atomic E-state index is 13.2. The van der Waals surface area contributed by atoms with Crippen LogP contribution in [0.3, 0.4) is 0 Å². The van der Waals surface area contributed by atoms with E-state index < -0.39 is 0 Å². The maximum Gasteiger partial charge on any atom is 0.228 e. The zero-order chi connectivity index (χ0) is 19.6. The first kappa shape index (κ1) is 21.5. The Morgan fingerprint density at radius 2 is 1.56 bits per heavy atom. The summed E-state index contributed by atoms with van der Waals surface area (Å²) in [6, 6.07) is 7.06. The molecule has 1 aliphatic rings. The first-order valence-electron chi connectivity index (χ1n) is 10.1. The van der Waals surface area contributed by atoms with Crippen molar-refractivity contribution in [1.29, 1.82) is 0 Å². The van der Waals surface area contributed by atoms with Gasteiger partial charge in [0.15, 0.2) is 0 Å². The number of allylic oxidation sites excluding steroid dienone is 2. The van der Waals surface area contributed by atoms with E-state index in [9.17, 15) is 9.59 Å². The molecule has 148 valence electrons. The van der Waals surface area contributed by atoms with Crippen molar-refractivity contribution in [2.45, 2.75) is 52.4 Å².